The molecule has 2 unspecified atom stereocenters. The number of ether oxygens (including phenoxy) is 1. The van der Waals surface area contributed by atoms with Crippen LogP contribution in [0.4, 0.5) is 0 Å². The van der Waals surface area contributed by atoms with Gasteiger partial charge in [0.1, 0.15) is 12.1 Å². The standard InChI is InChI=1S/C21H27I2N3O4/c1-4-30-21(29)19(25-18(20(27)28)5-13(2)3)9-17-10-24-12-26(17)11-14-6-15(22)8-16(23)7-14/h6-8,10,12-13,18-19,25H,4-5,9,11H2,1-3H3,(H,27,28). The maximum atomic E-state index is 12.6. The highest BCUT2D eigenvalue weighted by Crippen LogP contribution is 2.17. The number of halogens is 2. The van der Waals surface area contributed by atoms with Crippen LogP contribution in [0, 0.1) is 13.1 Å². The summed E-state index contributed by atoms with van der Waals surface area (Å²) >= 11 is 4.58. The zero-order valence-corrected chi connectivity index (χ0v) is 21.6. The van der Waals surface area contributed by atoms with Crippen LogP contribution in [0.3, 0.4) is 0 Å². The zero-order chi connectivity index (χ0) is 22.3. The lowest BCUT2D eigenvalue weighted by Crippen LogP contribution is -2.49. The van der Waals surface area contributed by atoms with E-state index in [-0.39, 0.29) is 12.5 Å². The molecule has 2 atom stereocenters. The molecule has 0 saturated heterocycles. The van der Waals surface area contributed by atoms with Gasteiger partial charge in [0.2, 0.25) is 0 Å². The Morgan fingerprint density at radius 3 is 2.43 bits per heavy atom. The van der Waals surface area contributed by atoms with Crippen molar-refractivity contribution >= 4 is 57.1 Å². The first-order valence-corrected chi connectivity index (χ1v) is 11.9. The minimum Gasteiger partial charge on any atom is -0.480 e. The third-order valence-corrected chi connectivity index (χ3v) is 5.71. The van der Waals surface area contributed by atoms with Crippen LogP contribution in [0.15, 0.2) is 30.7 Å². The number of carboxylic acid groups (broad SMARTS) is 1. The third kappa shape index (κ3) is 7.80. The highest BCUT2D eigenvalue weighted by atomic mass is 127. The topological polar surface area (TPSA) is 93.5 Å². The molecule has 0 saturated carbocycles. The number of benzene rings is 1. The molecule has 2 aromatic rings. The Labute approximate surface area is 204 Å². The number of aliphatic carboxylic acids is 1. The van der Waals surface area contributed by atoms with E-state index >= 15 is 0 Å². The third-order valence-electron chi connectivity index (χ3n) is 4.47. The Kier molecular flexibility index (Phi) is 10.0. The van der Waals surface area contributed by atoms with Crippen molar-refractivity contribution < 1.29 is 19.4 Å². The van der Waals surface area contributed by atoms with Gasteiger partial charge >= 0.3 is 11.9 Å². The molecule has 0 aliphatic carbocycles. The molecular weight excluding hydrogens is 612 g/mol. The lowest BCUT2D eigenvalue weighted by Gasteiger charge is -2.23. The fourth-order valence-corrected chi connectivity index (χ4v) is 5.24. The number of hydrogen-bond acceptors (Lipinski definition) is 5. The normalized spacial score (nSPS) is 13.3. The summed E-state index contributed by atoms with van der Waals surface area (Å²) in [6, 6.07) is 4.72. The molecule has 1 heterocycles. The molecular formula is C21H27I2N3O4. The van der Waals surface area contributed by atoms with Gasteiger partial charge in [-0.15, -0.1) is 0 Å². The predicted molar refractivity (Wildman–Crippen MR) is 131 cm³/mol. The van der Waals surface area contributed by atoms with Crippen LogP contribution in [0.5, 0.6) is 0 Å². The van der Waals surface area contributed by atoms with Gasteiger partial charge in [-0.05, 0) is 88.2 Å². The van der Waals surface area contributed by atoms with Crippen LogP contribution in [0.2, 0.25) is 0 Å². The summed E-state index contributed by atoms with van der Waals surface area (Å²) in [7, 11) is 0. The van der Waals surface area contributed by atoms with Gasteiger partial charge < -0.3 is 14.4 Å². The van der Waals surface area contributed by atoms with Crippen LogP contribution in [-0.4, -0.2) is 45.3 Å². The fraction of sp³-hybridized carbons (Fsp3) is 0.476. The largest absolute Gasteiger partial charge is 0.480 e. The maximum absolute atomic E-state index is 12.6. The summed E-state index contributed by atoms with van der Waals surface area (Å²) in [5.74, 6) is -1.25. The first-order valence-electron chi connectivity index (χ1n) is 9.79. The number of imidazole rings is 1. The molecule has 0 aliphatic rings. The molecule has 0 radical (unpaired) electrons. The summed E-state index contributed by atoms with van der Waals surface area (Å²) in [5, 5.41) is 12.6. The molecule has 0 aliphatic heterocycles. The van der Waals surface area contributed by atoms with Gasteiger partial charge in [-0.1, -0.05) is 13.8 Å². The summed E-state index contributed by atoms with van der Waals surface area (Å²) in [5.41, 5.74) is 1.97. The highest BCUT2D eigenvalue weighted by molar-refractivity contribution is 14.1. The van der Waals surface area contributed by atoms with Crippen molar-refractivity contribution in [3.63, 3.8) is 0 Å². The Hall–Kier alpha value is -1.21. The number of nitrogens with zero attached hydrogens (tertiary/aromatic N) is 2. The van der Waals surface area contributed by atoms with Crippen molar-refractivity contribution in [2.45, 2.75) is 52.2 Å². The number of carbonyl (C=O) groups is 2. The first kappa shape index (κ1) is 25.1. The Morgan fingerprint density at radius 1 is 1.20 bits per heavy atom. The van der Waals surface area contributed by atoms with Gasteiger partial charge in [0.05, 0.1) is 12.9 Å². The second-order valence-electron chi connectivity index (χ2n) is 7.49. The number of nitrogens with one attached hydrogen (secondary N) is 1. The number of rotatable bonds is 11. The van der Waals surface area contributed by atoms with Gasteiger partial charge in [0.25, 0.3) is 0 Å². The van der Waals surface area contributed by atoms with E-state index in [1.54, 1.807) is 19.4 Å². The maximum Gasteiger partial charge on any atom is 0.323 e. The van der Waals surface area contributed by atoms with E-state index in [0.29, 0.717) is 19.4 Å². The molecule has 0 spiro atoms. The van der Waals surface area contributed by atoms with Gasteiger partial charge in [0.15, 0.2) is 0 Å². The summed E-state index contributed by atoms with van der Waals surface area (Å²) < 4.78 is 9.49. The van der Waals surface area contributed by atoms with E-state index in [4.69, 9.17) is 4.74 Å². The van der Waals surface area contributed by atoms with Crippen molar-refractivity contribution in [3.8, 4) is 0 Å². The molecule has 0 bridgehead atoms. The number of carbonyl (C=O) groups excluding carboxylic acids is 1. The molecule has 0 amide bonds. The first-order chi connectivity index (χ1) is 14.2. The van der Waals surface area contributed by atoms with Crippen LogP contribution in [0.1, 0.15) is 38.4 Å². The predicted octanol–water partition coefficient (Wildman–Crippen LogP) is 3.70. The Balaban J connectivity index is 2.22. The van der Waals surface area contributed by atoms with E-state index in [9.17, 15) is 14.7 Å². The lowest BCUT2D eigenvalue weighted by molar-refractivity contribution is -0.147. The van der Waals surface area contributed by atoms with Crippen molar-refractivity contribution in [3.05, 3.63) is 49.1 Å². The van der Waals surface area contributed by atoms with Crippen LogP contribution in [0.25, 0.3) is 0 Å². The summed E-state index contributed by atoms with van der Waals surface area (Å²) in [6.07, 6.45) is 4.16. The number of esters is 1. The molecule has 9 heteroatoms. The van der Waals surface area contributed by atoms with E-state index in [2.05, 4.69) is 73.7 Å². The van der Waals surface area contributed by atoms with Gasteiger partial charge in [-0.25, -0.2) is 4.98 Å². The number of aromatic nitrogens is 2. The van der Waals surface area contributed by atoms with Crippen molar-refractivity contribution in [1.29, 1.82) is 0 Å². The SMILES string of the molecule is CCOC(=O)C(Cc1cncn1Cc1cc(I)cc(I)c1)NC(CC(C)C)C(=O)O. The smallest absolute Gasteiger partial charge is 0.323 e. The van der Waals surface area contributed by atoms with Crippen molar-refractivity contribution in [2.24, 2.45) is 5.92 Å². The summed E-state index contributed by atoms with van der Waals surface area (Å²) in [4.78, 5) is 28.5. The van der Waals surface area contributed by atoms with Gasteiger partial charge in [0, 0.05) is 32.0 Å². The molecule has 164 valence electrons. The van der Waals surface area contributed by atoms with Crippen molar-refractivity contribution in [1.82, 2.24) is 14.9 Å². The molecule has 1 aromatic heterocycles. The lowest BCUT2D eigenvalue weighted by atomic mass is 10.0. The molecule has 2 N–H and O–H groups in total. The quantitative estimate of drug-likeness (QED) is 0.288. The van der Waals surface area contributed by atoms with Gasteiger partial charge in [-0.2, -0.15) is 0 Å². The molecule has 7 nitrogen and oxygen atoms in total. The molecule has 30 heavy (non-hydrogen) atoms. The molecule has 1 aromatic carbocycles. The highest BCUT2D eigenvalue weighted by Gasteiger charge is 2.28. The van der Waals surface area contributed by atoms with Crippen LogP contribution in [-0.2, 0) is 27.3 Å². The number of hydrogen-bond donors (Lipinski definition) is 2. The van der Waals surface area contributed by atoms with Crippen LogP contribution < -0.4 is 5.32 Å². The van der Waals surface area contributed by atoms with E-state index < -0.39 is 24.0 Å². The summed E-state index contributed by atoms with van der Waals surface area (Å²) in [6.45, 7) is 6.50. The fourth-order valence-electron chi connectivity index (χ4n) is 3.18. The molecule has 0 fully saturated rings. The van der Waals surface area contributed by atoms with E-state index in [1.165, 1.54) is 0 Å². The average Bonchev–Trinajstić information content (AvgIpc) is 3.06. The average molecular weight is 639 g/mol. The van der Waals surface area contributed by atoms with Crippen molar-refractivity contribution in [2.75, 3.05) is 6.61 Å². The van der Waals surface area contributed by atoms with E-state index in [0.717, 1.165) is 18.4 Å². The second-order valence-corrected chi connectivity index (χ2v) is 9.98. The molecule has 2 rings (SSSR count). The van der Waals surface area contributed by atoms with E-state index in [1.807, 2.05) is 18.4 Å². The van der Waals surface area contributed by atoms with Gasteiger partial charge in [-0.3, -0.25) is 14.9 Å². The Bertz CT molecular complexity index is 849. The minimum absolute atomic E-state index is 0.176. The minimum atomic E-state index is -0.972. The Morgan fingerprint density at radius 2 is 1.87 bits per heavy atom. The second kappa shape index (κ2) is 12.0. The van der Waals surface area contributed by atoms with Crippen LogP contribution >= 0.6 is 45.2 Å². The zero-order valence-electron chi connectivity index (χ0n) is 17.3. The number of carboxylic acids is 1. The monoisotopic (exact) mass is 639 g/mol.